The Labute approximate surface area is 91.2 Å². The Morgan fingerprint density at radius 1 is 1.53 bits per heavy atom. The fourth-order valence-electron chi connectivity index (χ4n) is 1.41. The molecule has 0 saturated heterocycles. The lowest BCUT2D eigenvalue weighted by Crippen LogP contribution is -2.40. The van der Waals surface area contributed by atoms with Crippen LogP contribution in [0.1, 0.15) is 27.2 Å². The van der Waals surface area contributed by atoms with Gasteiger partial charge in [-0.15, -0.1) is 0 Å². The largest absolute Gasteiger partial charge is 0.438 e. The minimum Gasteiger partial charge on any atom is -0.438 e. The monoisotopic (exact) mass is 209 g/mol. The Hall–Kier alpha value is -1.25. The van der Waals surface area contributed by atoms with Gasteiger partial charge in [0.15, 0.2) is 0 Å². The maximum absolute atomic E-state index is 11.4. The summed E-state index contributed by atoms with van der Waals surface area (Å²) in [5, 5.41) is 2.71. The Balaban J connectivity index is 2.52. The van der Waals surface area contributed by atoms with Gasteiger partial charge in [-0.1, -0.05) is 32.1 Å². The highest BCUT2D eigenvalue weighted by molar-refractivity contribution is 5.68. The van der Waals surface area contributed by atoms with Crippen LogP contribution in [0.2, 0.25) is 0 Å². The molecule has 0 bridgehead atoms. The standard InChI is InChI=1S/C12H19NO2/c1-4-9-13-11(14)15-12(3)8-6-5-7-10(12)2/h5-8,10H,4,9H2,1-3H3,(H,13,14). The van der Waals surface area contributed by atoms with Crippen molar-refractivity contribution in [2.75, 3.05) is 6.54 Å². The van der Waals surface area contributed by atoms with Crippen LogP contribution < -0.4 is 5.32 Å². The average molecular weight is 209 g/mol. The summed E-state index contributed by atoms with van der Waals surface area (Å²) < 4.78 is 5.41. The van der Waals surface area contributed by atoms with Crippen LogP contribution >= 0.6 is 0 Å². The topological polar surface area (TPSA) is 38.3 Å². The number of carbonyl (C=O) groups excluding carboxylic acids is 1. The van der Waals surface area contributed by atoms with Crippen molar-refractivity contribution >= 4 is 6.09 Å². The highest BCUT2D eigenvalue weighted by atomic mass is 16.6. The molecule has 0 aliphatic heterocycles. The van der Waals surface area contributed by atoms with Crippen molar-refractivity contribution < 1.29 is 9.53 Å². The van der Waals surface area contributed by atoms with E-state index >= 15 is 0 Å². The summed E-state index contributed by atoms with van der Waals surface area (Å²) in [5.74, 6) is 0.204. The minimum absolute atomic E-state index is 0.204. The molecule has 15 heavy (non-hydrogen) atoms. The van der Waals surface area contributed by atoms with Crippen molar-refractivity contribution in [1.29, 1.82) is 0 Å². The smallest absolute Gasteiger partial charge is 0.408 e. The van der Waals surface area contributed by atoms with E-state index < -0.39 is 5.60 Å². The number of alkyl carbamates (subject to hydrolysis) is 1. The molecular formula is C12H19NO2. The van der Waals surface area contributed by atoms with Crippen LogP contribution in [0.4, 0.5) is 4.79 Å². The van der Waals surface area contributed by atoms with Gasteiger partial charge in [0.2, 0.25) is 0 Å². The van der Waals surface area contributed by atoms with Crippen LogP contribution in [0, 0.1) is 5.92 Å². The summed E-state index contributed by atoms with van der Waals surface area (Å²) in [4.78, 5) is 11.4. The summed E-state index contributed by atoms with van der Waals surface area (Å²) in [5.41, 5.74) is -0.521. The van der Waals surface area contributed by atoms with Gasteiger partial charge in [0, 0.05) is 12.5 Å². The Morgan fingerprint density at radius 3 is 2.87 bits per heavy atom. The van der Waals surface area contributed by atoms with E-state index in [-0.39, 0.29) is 12.0 Å². The van der Waals surface area contributed by atoms with Crippen molar-refractivity contribution in [3.63, 3.8) is 0 Å². The van der Waals surface area contributed by atoms with Gasteiger partial charge in [0.05, 0.1) is 0 Å². The van der Waals surface area contributed by atoms with E-state index in [4.69, 9.17) is 4.74 Å². The fraction of sp³-hybridized carbons (Fsp3) is 0.583. The normalized spacial score (nSPS) is 28.9. The molecule has 0 saturated carbocycles. The molecule has 1 rings (SSSR count). The third-order valence-corrected chi connectivity index (χ3v) is 2.67. The summed E-state index contributed by atoms with van der Waals surface area (Å²) in [6.07, 6.45) is 8.41. The van der Waals surface area contributed by atoms with Crippen LogP contribution in [0.15, 0.2) is 24.3 Å². The van der Waals surface area contributed by atoms with Gasteiger partial charge >= 0.3 is 6.09 Å². The lowest BCUT2D eigenvalue weighted by molar-refractivity contribution is 0.0347. The van der Waals surface area contributed by atoms with E-state index in [1.54, 1.807) is 0 Å². The first-order valence-corrected chi connectivity index (χ1v) is 5.41. The quantitative estimate of drug-likeness (QED) is 0.776. The van der Waals surface area contributed by atoms with Crippen molar-refractivity contribution in [2.45, 2.75) is 32.8 Å². The van der Waals surface area contributed by atoms with Gasteiger partial charge < -0.3 is 10.1 Å². The van der Waals surface area contributed by atoms with E-state index in [9.17, 15) is 4.79 Å². The molecule has 0 aromatic rings. The van der Waals surface area contributed by atoms with Crippen LogP contribution in [-0.2, 0) is 4.74 Å². The Morgan fingerprint density at radius 2 is 2.27 bits per heavy atom. The molecule has 0 spiro atoms. The van der Waals surface area contributed by atoms with Gasteiger partial charge in [-0.2, -0.15) is 0 Å². The molecule has 1 aliphatic carbocycles. The van der Waals surface area contributed by atoms with Crippen LogP contribution in [0.3, 0.4) is 0 Å². The third-order valence-electron chi connectivity index (χ3n) is 2.67. The highest BCUT2D eigenvalue weighted by Crippen LogP contribution is 2.27. The molecule has 3 heteroatoms. The van der Waals surface area contributed by atoms with Gasteiger partial charge in [-0.3, -0.25) is 0 Å². The molecule has 3 nitrogen and oxygen atoms in total. The summed E-state index contributed by atoms with van der Waals surface area (Å²) in [6, 6.07) is 0. The SMILES string of the molecule is CCCNC(=O)OC1(C)C=CC=CC1C. The Bertz CT molecular complexity index is 283. The summed E-state index contributed by atoms with van der Waals surface area (Å²) in [6.45, 7) is 6.62. The zero-order chi connectivity index (χ0) is 11.3. The number of hydrogen-bond donors (Lipinski definition) is 1. The first-order chi connectivity index (χ1) is 7.08. The molecule has 84 valence electrons. The number of allylic oxidation sites excluding steroid dienone is 2. The van der Waals surface area contributed by atoms with Crippen LogP contribution in [-0.4, -0.2) is 18.2 Å². The van der Waals surface area contributed by atoms with E-state index in [0.717, 1.165) is 6.42 Å². The molecule has 1 N–H and O–H groups in total. The zero-order valence-electron chi connectivity index (χ0n) is 9.62. The number of amides is 1. The third kappa shape index (κ3) is 3.11. The van der Waals surface area contributed by atoms with Crippen LogP contribution in [0.25, 0.3) is 0 Å². The second-order valence-corrected chi connectivity index (χ2v) is 4.03. The van der Waals surface area contributed by atoms with Crippen molar-refractivity contribution in [2.24, 2.45) is 5.92 Å². The average Bonchev–Trinajstić information content (AvgIpc) is 2.20. The molecule has 0 fully saturated rings. The predicted octanol–water partition coefficient (Wildman–Crippen LogP) is 2.64. The van der Waals surface area contributed by atoms with Gasteiger partial charge in [-0.05, 0) is 19.4 Å². The first-order valence-electron chi connectivity index (χ1n) is 5.41. The number of hydrogen-bond acceptors (Lipinski definition) is 2. The number of nitrogens with one attached hydrogen (secondary N) is 1. The minimum atomic E-state index is -0.521. The second-order valence-electron chi connectivity index (χ2n) is 4.03. The molecule has 0 heterocycles. The molecular weight excluding hydrogens is 190 g/mol. The van der Waals surface area contributed by atoms with E-state index in [0.29, 0.717) is 6.54 Å². The molecule has 1 aliphatic rings. The van der Waals surface area contributed by atoms with Crippen molar-refractivity contribution in [3.8, 4) is 0 Å². The van der Waals surface area contributed by atoms with E-state index in [1.807, 2.05) is 45.1 Å². The van der Waals surface area contributed by atoms with Crippen molar-refractivity contribution in [3.05, 3.63) is 24.3 Å². The number of ether oxygens (including phenoxy) is 1. The summed E-state index contributed by atoms with van der Waals surface area (Å²) in [7, 11) is 0. The van der Waals surface area contributed by atoms with E-state index in [1.165, 1.54) is 0 Å². The van der Waals surface area contributed by atoms with Crippen LogP contribution in [0.5, 0.6) is 0 Å². The van der Waals surface area contributed by atoms with Gasteiger partial charge in [0.1, 0.15) is 5.60 Å². The van der Waals surface area contributed by atoms with Gasteiger partial charge in [0.25, 0.3) is 0 Å². The van der Waals surface area contributed by atoms with E-state index in [2.05, 4.69) is 5.32 Å². The molecule has 1 amide bonds. The first kappa shape index (κ1) is 11.8. The fourth-order valence-corrected chi connectivity index (χ4v) is 1.41. The Kier molecular flexibility index (Phi) is 3.95. The molecule has 2 unspecified atom stereocenters. The zero-order valence-corrected chi connectivity index (χ0v) is 9.62. The molecule has 2 atom stereocenters. The lowest BCUT2D eigenvalue weighted by atomic mass is 9.87. The highest BCUT2D eigenvalue weighted by Gasteiger charge is 2.32. The van der Waals surface area contributed by atoms with Gasteiger partial charge in [-0.25, -0.2) is 4.79 Å². The van der Waals surface area contributed by atoms with Crippen molar-refractivity contribution in [1.82, 2.24) is 5.32 Å². The number of rotatable bonds is 3. The maximum atomic E-state index is 11.4. The molecule has 0 aromatic carbocycles. The second kappa shape index (κ2) is 5.01. The lowest BCUT2D eigenvalue weighted by Gasteiger charge is -2.32. The molecule has 0 radical (unpaired) electrons. The maximum Gasteiger partial charge on any atom is 0.408 e. The predicted molar refractivity (Wildman–Crippen MR) is 60.6 cm³/mol. The number of carbonyl (C=O) groups is 1. The summed E-state index contributed by atoms with van der Waals surface area (Å²) >= 11 is 0. The molecule has 0 aromatic heterocycles.